The van der Waals surface area contributed by atoms with Gasteiger partial charge >= 0.3 is 6.61 Å². The molecule has 1 aliphatic heterocycles. The number of anilines is 3. The van der Waals surface area contributed by atoms with Gasteiger partial charge in [0.15, 0.2) is 5.75 Å². The van der Waals surface area contributed by atoms with E-state index < -0.39 is 18.3 Å². The second-order valence-corrected chi connectivity index (χ2v) is 8.38. The number of benzene rings is 2. The molecular weight excluding hydrogens is 483 g/mol. The molecule has 2 aromatic carbocycles. The smallest absolute Gasteiger partial charge is 0.387 e. The maximum atomic E-state index is 13.5. The lowest BCUT2D eigenvalue weighted by Crippen LogP contribution is -2.29. The molecule has 1 aromatic heterocycles. The van der Waals surface area contributed by atoms with Gasteiger partial charge in [0.2, 0.25) is 5.91 Å². The lowest BCUT2D eigenvalue weighted by molar-refractivity contribution is -0.112. The van der Waals surface area contributed by atoms with E-state index in [1.165, 1.54) is 49.2 Å². The van der Waals surface area contributed by atoms with Crippen LogP contribution < -0.4 is 15.4 Å². The van der Waals surface area contributed by atoms with Crippen LogP contribution in [0.1, 0.15) is 19.3 Å². The number of carbonyl (C=O) groups is 1. The maximum absolute atomic E-state index is 13.5. The summed E-state index contributed by atoms with van der Waals surface area (Å²) in [5.74, 6) is -0.994. The summed E-state index contributed by atoms with van der Waals surface area (Å²) in [5, 5.41) is 5.94. The van der Waals surface area contributed by atoms with Crippen molar-refractivity contribution in [1.82, 2.24) is 14.9 Å². The number of hydrogen-bond donors (Lipinski definition) is 2. The molecule has 0 aliphatic carbocycles. The Morgan fingerprint density at radius 3 is 2.71 bits per heavy atom. The predicted octanol–water partition coefficient (Wildman–Crippen LogP) is 5.75. The quantitative estimate of drug-likeness (QED) is 0.380. The van der Waals surface area contributed by atoms with Gasteiger partial charge < -0.3 is 15.4 Å². The van der Waals surface area contributed by atoms with E-state index in [1.807, 2.05) is 0 Å². The van der Waals surface area contributed by atoms with Crippen LogP contribution in [0.25, 0.3) is 10.9 Å². The summed E-state index contributed by atoms with van der Waals surface area (Å²) >= 11 is 5.85. The summed E-state index contributed by atoms with van der Waals surface area (Å²) in [6.07, 6.45) is 7.83. The van der Waals surface area contributed by atoms with Crippen molar-refractivity contribution in [1.29, 1.82) is 0 Å². The molecule has 11 heteroatoms. The van der Waals surface area contributed by atoms with Gasteiger partial charge in [0.1, 0.15) is 18.0 Å². The van der Waals surface area contributed by atoms with Crippen molar-refractivity contribution < 1.29 is 22.7 Å². The second-order valence-electron chi connectivity index (χ2n) is 7.97. The Labute approximate surface area is 204 Å². The number of alkyl halides is 2. The standard InChI is InChI=1S/C24H23ClF3N5O2/c25-17-11-15(6-7-18(17)26)31-23-16-12-20(21(35-24(27)28)13-19(16)29-14-30-23)32-22(34)5-4-10-33-8-2-1-3-9-33/h4-7,11-14,24H,1-3,8-10H2,(H,32,34)(H,29,30,31). The third kappa shape index (κ3) is 6.61. The van der Waals surface area contributed by atoms with Crippen LogP contribution in [0.2, 0.25) is 5.02 Å². The van der Waals surface area contributed by atoms with E-state index in [1.54, 1.807) is 6.08 Å². The van der Waals surface area contributed by atoms with Gasteiger partial charge in [-0.1, -0.05) is 24.1 Å². The molecule has 1 fully saturated rings. The van der Waals surface area contributed by atoms with Crippen LogP contribution in [0.3, 0.4) is 0 Å². The first-order valence-electron chi connectivity index (χ1n) is 11.0. The van der Waals surface area contributed by atoms with E-state index in [-0.39, 0.29) is 16.5 Å². The van der Waals surface area contributed by atoms with Crippen molar-refractivity contribution in [3.05, 3.63) is 59.7 Å². The topological polar surface area (TPSA) is 79.4 Å². The van der Waals surface area contributed by atoms with Gasteiger partial charge in [-0.25, -0.2) is 14.4 Å². The molecule has 0 unspecified atom stereocenters. The van der Waals surface area contributed by atoms with Crippen LogP contribution in [-0.4, -0.2) is 47.0 Å². The van der Waals surface area contributed by atoms with E-state index in [4.69, 9.17) is 11.6 Å². The number of aromatic nitrogens is 2. The number of nitrogens with zero attached hydrogens (tertiary/aromatic N) is 3. The summed E-state index contributed by atoms with van der Waals surface area (Å²) < 4.78 is 44.2. The van der Waals surface area contributed by atoms with Crippen LogP contribution >= 0.6 is 11.6 Å². The molecule has 0 spiro atoms. The molecule has 2 heterocycles. The number of piperidine rings is 1. The minimum atomic E-state index is -3.10. The molecule has 0 atom stereocenters. The van der Waals surface area contributed by atoms with Gasteiger partial charge in [0, 0.05) is 29.8 Å². The van der Waals surface area contributed by atoms with Gasteiger partial charge in [-0.15, -0.1) is 0 Å². The van der Waals surface area contributed by atoms with Crippen molar-refractivity contribution in [3.63, 3.8) is 0 Å². The van der Waals surface area contributed by atoms with Gasteiger partial charge in [0.05, 0.1) is 16.2 Å². The number of carbonyl (C=O) groups excluding carboxylic acids is 1. The number of ether oxygens (including phenoxy) is 1. The number of likely N-dealkylation sites (tertiary alicyclic amines) is 1. The van der Waals surface area contributed by atoms with Crippen LogP contribution in [0.15, 0.2) is 48.8 Å². The van der Waals surface area contributed by atoms with Crippen molar-refractivity contribution in [2.75, 3.05) is 30.3 Å². The minimum Gasteiger partial charge on any atom is -0.433 e. The molecule has 4 rings (SSSR count). The lowest BCUT2D eigenvalue weighted by Gasteiger charge is -2.24. The zero-order valence-corrected chi connectivity index (χ0v) is 19.4. The minimum absolute atomic E-state index is 0.0282. The molecule has 3 aromatic rings. The number of amides is 1. The Morgan fingerprint density at radius 1 is 1.17 bits per heavy atom. The fourth-order valence-corrected chi connectivity index (χ4v) is 3.99. The van der Waals surface area contributed by atoms with E-state index in [9.17, 15) is 18.0 Å². The number of halogens is 4. The van der Waals surface area contributed by atoms with Crippen LogP contribution in [0.5, 0.6) is 5.75 Å². The first-order valence-corrected chi connectivity index (χ1v) is 11.4. The maximum Gasteiger partial charge on any atom is 0.387 e. The Bertz CT molecular complexity index is 1240. The Morgan fingerprint density at radius 2 is 1.97 bits per heavy atom. The molecule has 2 N–H and O–H groups in total. The number of rotatable bonds is 8. The molecular formula is C24H23ClF3N5O2. The zero-order chi connectivity index (χ0) is 24.8. The molecule has 184 valence electrons. The first-order chi connectivity index (χ1) is 16.9. The molecule has 1 aliphatic rings. The summed E-state index contributed by atoms with van der Waals surface area (Å²) in [5.41, 5.74) is 0.779. The first kappa shape index (κ1) is 24.7. The normalized spacial score (nSPS) is 14.5. The summed E-state index contributed by atoms with van der Waals surface area (Å²) in [7, 11) is 0. The van der Waals surface area contributed by atoms with Gasteiger partial charge in [-0.05, 0) is 50.2 Å². The summed E-state index contributed by atoms with van der Waals surface area (Å²) in [6.45, 7) is -0.498. The van der Waals surface area contributed by atoms with Crippen LogP contribution in [0, 0.1) is 5.82 Å². The SMILES string of the molecule is O=C(C=CCN1CCCCC1)Nc1cc2c(Nc3ccc(F)c(Cl)c3)ncnc2cc1OC(F)F. The van der Waals surface area contributed by atoms with Crippen LogP contribution in [-0.2, 0) is 4.79 Å². The third-order valence-electron chi connectivity index (χ3n) is 5.47. The molecule has 1 amide bonds. The molecule has 7 nitrogen and oxygen atoms in total. The second kappa shape index (κ2) is 11.4. The fourth-order valence-electron chi connectivity index (χ4n) is 3.81. The molecule has 0 saturated carbocycles. The van der Waals surface area contributed by atoms with Crippen LogP contribution in [0.4, 0.5) is 30.4 Å². The third-order valence-corrected chi connectivity index (χ3v) is 5.76. The average Bonchev–Trinajstić information content (AvgIpc) is 2.82. The summed E-state index contributed by atoms with van der Waals surface area (Å²) in [6, 6.07) is 6.79. The Balaban J connectivity index is 1.59. The lowest BCUT2D eigenvalue weighted by atomic mass is 10.1. The molecule has 0 bridgehead atoms. The molecule has 0 radical (unpaired) electrons. The largest absolute Gasteiger partial charge is 0.433 e. The summed E-state index contributed by atoms with van der Waals surface area (Å²) in [4.78, 5) is 23.1. The zero-order valence-electron chi connectivity index (χ0n) is 18.6. The highest BCUT2D eigenvalue weighted by Gasteiger charge is 2.16. The molecule has 1 saturated heterocycles. The van der Waals surface area contributed by atoms with E-state index in [2.05, 4.69) is 30.2 Å². The van der Waals surface area contributed by atoms with E-state index in [0.29, 0.717) is 29.0 Å². The van der Waals surface area contributed by atoms with E-state index in [0.717, 1.165) is 25.9 Å². The van der Waals surface area contributed by atoms with E-state index >= 15 is 0 Å². The Kier molecular flexibility index (Phi) is 8.04. The van der Waals surface area contributed by atoms with Crippen molar-refractivity contribution in [3.8, 4) is 5.75 Å². The van der Waals surface area contributed by atoms with Gasteiger partial charge in [-0.2, -0.15) is 8.78 Å². The van der Waals surface area contributed by atoms with Crippen molar-refractivity contribution >= 4 is 45.6 Å². The number of nitrogens with one attached hydrogen (secondary N) is 2. The van der Waals surface area contributed by atoms with Gasteiger partial charge in [-0.3, -0.25) is 9.69 Å². The fraction of sp³-hybridized carbons (Fsp3) is 0.292. The van der Waals surface area contributed by atoms with Crippen molar-refractivity contribution in [2.24, 2.45) is 0 Å². The number of hydrogen-bond acceptors (Lipinski definition) is 6. The monoisotopic (exact) mass is 505 g/mol. The Hall–Kier alpha value is -3.37. The highest BCUT2D eigenvalue weighted by Crippen LogP contribution is 2.34. The van der Waals surface area contributed by atoms with Gasteiger partial charge in [0.25, 0.3) is 0 Å². The average molecular weight is 506 g/mol. The molecule has 35 heavy (non-hydrogen) atoms. The predicted molar refractivity (Wildman–Crippen MR) is 129 cm³/mol. The number of fused-ring (bicyclic) bond motifs is 1. The highest BCUT2D eigenvalue weighted by atomic mass is 35.5. The van der Waals surface area contributed by atoms with Crippen molar-refractivity contribution in [2.45, 2.75) is 25.9 Å². The highest BCUT2D eigenvalue weighted by molar-refractivity contribution is 6.31.